The highest BCUT2D eigenvalue weighted by molar-refractivity contribution is 5.99. The summed E-state index contributed by atoms with van der Waals surface area (Å²) < 4.78 is 0. The summed E-state index contributed by atoms with van der Waals surface area (Å²) in [6.45, 7) is 12.4. The van der Waals surface area contributed by atoms with Crippen molar-refractivity contribution >= 4 is 5.78 Å². The molecule has 0 saturated carbocycles. The highest BCUT2D eigenvalue weighted by Gasteiger charge is 2.20. The molecule has 0 atom stereocenters. The second-order valence-corrected chi connectivity index (χ2v) is 5.93. The van der Waals surface area contributed by atoms with Crippen LogP contribution in [0.3, 0.4) is 0 Å². The van der Waals surface area contributed by atoms with E-state index in [1.54, 1.807) is 0 Å². The van der Waals surface area contributed by atoms with Gasteiger partial charge in [-0.05, 0) is 37.3 Å². The Balaban J connectivity index is 3.10. The average Bonchev–Trinajstić information content (AvgIpc) is 1.96. The van der Waals surface area contributed by atoms with Crippen molar-refractivity contribution in [3.8, 4) is 0 Å². The molecule has 1 aromatic rings. The van der Waals surface area contributed by atoms with Gasteiger partial charge in [-0.15, -0.1) is 0 Å². The van der Waals surface area contributed by atoms with Crippen LogP contribution in [0.4, 0.5) is 0 Å². The Bertz CT molecular complexity index is 385. The van der Waals surface area contributed by atoms with Gasteiger partial charge in [0, 0.05) is 12.0 Å². The standard InChI is InChI=1S/C15H22O/c1-10-7-11(2)14(12(3)8-10)13(16)9-15(4,5)6/h7-8H,9H2,1-6H3. The zero-order valence-electron chi connectivity index (χ0n) is 11.3. The first-order valence-electron chi connectivity index (χ1n) is 5.82. The van der Waals surface area contributed by atoms with Crippen molar-refractivity contribution in [2.45, 2.75) is 48.0 Å². The molecule has 1 heteroatoms. The van der Waals surface area contributed by atoms with Crippen LogP contribution < -0.4 is 0 Å². The summed E-state index contributed by atoms with van der Waals surface area (Å²) in [6.07, 6.45) is 0.609. The van der Waals surface area contributed by atoms with Gasteiger partial charge in [-0.25, -0.2) is 0 Å². The van der Waals surface area contributed by atoms with E-state index in [0.29, 0.717) is 6.42 Å². The molecule has 0 aliphatic carbocycles. The first-order valence-corrected chi connectivity index (χ1v) is 5.82. The summed E-state index contributed by atoms with van der Waals surface area (Å²) in [5.74, 6) is 0.266. The fraction of sp³-hybridized carbons (Fsp3) is 0.533. The lowest BCUT2D eigenvalue weighted by Crippen LogP contribution is -2.15. The normalized spacial score (nSPS) is 11.6. The van der Waals surface area contributed by atoms with Gasteiger partial charge in [-0.3, -0.25) is 4.79 Å². The minimum atomic E-state index is 0.0564. The quantitative estimate of drug-likeness (QED) is 0.679. The van der Waals surface area contributed by atoms with Crippen molar-refractivity contribution in [2.24, 2.45) is 5.41 Å². The van der Waals surface area contributed by atoms with Crippen LogP contribution in [0.2, 0.25) is 0 Å². The van der Waals surface area contributed by atoms with E-state index < -0.39 is 0 Å². The Morgan fingerprint density at radius 2 is 1.50 bits per heavy atom. The Hall–Kier alpha value is -1.11. The van der Waals surface area contributed by atoms with Crippen LogP contribution in [-0.4, -0.2) is 5.78 Å². The summed E-state index contributed by atoms with van der Waals surface area (Å²) >= 11 is 0. The predicted molar refractivity (Wildman–Crippen MR) is 69.1 cm³/mol. The Labute approximate surface area is 98.9 Å². The minimum absolute atomic E-state index is 0.0564. The highest BCUT2D eigenvalue weighted by Crippen LogP contribution is 2.25. The number of benzene rings is 1. The molecular formula is C15H22O. The third-order valence-electron chi connectivity index (χ3n) is 2.65. The van der Waals surface area contributed by atoms with Crippen LogP contribution in [0.5, 0.6) is 0 Å². The maximum atomic E-state index is 12.2. The minimum Gasteiger partial charge on any atom is -0.294 e. The summed E-state index contributed by atoms with van der Waals surface area (Å²) in [4.78, 5) is 12.2. The van der Waals surface area contributed by atoms with Crippen molar-refractivity contribution in [1.82, 2.24) is 0 Å². The molecule has 0 amide bonds. The SMILES string of the molecule is Cc1cc(C)c(C(=O)CC(C)(C)C)c(C)c1. The molecule has 1 nitrogen and oxygen atoms in total. The molecule has 0 aliphatic rings. The van der Waals surface area contributed by atoms with Crippen LogP contribution in [0.25, 0.3) is 0 Å². The van der Waals surface area contributed by atoms with Crippen molar-refractivity contribution in [1.29, 1.82) is 0 Å². The van der Waals surface area contributed by atoms with E-state index in [-0.39, 0.29) is 11.2 Å². The van der Waals surface area contributed by atoms with Crippen molar-refractivity contribution < 1.29 is 4.79 Å². The molecule has 88 valence electrons. The van der Waals surface area contributed by atoms with E-state index in [1.807, 2.05) is 13.8 Å². The predicted octanol–water partition coefficient (Wildman–Crippen LogP) is 4.23. The number of carbonyl (C=O) groups is 1. The summed E-state index contributed by atoms with van der Waals surface area (Å²) in [5.41, 5.74) is 4.40. The van der Waals surface area contributed by atoms with Gasteiger partial charge in [0.1, 0.15) is 0 Å². The molecule has 0 N–H and O–H groups in total. The van der Waals surface area contributed by atoms with E-state index in [4.69, 9.17) is 0 Å². The fourth-order valence-corrected chi connectivity index (χ4v) is 2.19. The highest BCUT2D eigenvalue weighted by atomic mass is 16.1. The van der Waals surface area contributed by atoms with Gasteiger partial charge in [0.15, 0.2) is 5.78 Å². The van der Waals surface area contributed by atoms with Crippen molar-refractivity contribution in [3.05, 3.63) is 34.4 Å². The fourth-order valence-electron chi connectivity index (χ4n) is 2.19. The number of hydrogen-bond acceptors (Lipinski definition) is 1. The topological polar surface area (TPSA) is 17.1 Å². The van der Waals surface area contributed by atoms with Crippen LogP contribution >= 0.6 is 0 Å². The lowest BCUT2D eigenvalue weighted by atomic mass is 9.85. The molecule has 16 heavy (non-hydrogen) atoms. The molecule has 1 aromatic carbocycles. The first-order chi connectivity index (χ1) is 7.20. The molecule has 0 spiro atoms. The number of hydrogen-bond donors (Lipinski definition) is 0. The molecule has 1 rings (SSSR count). The zero-order chi connectivity index (χ0) is 12.5. The maximum absolute atomic E-state index is 12.2. The molecule has 0 aliphatic heterocycles. The molecule has 0 unspecified atom stereocenters. The summed E-state index contributed by atoms with van der Waals surface area (Å²) in [6, 6.07) is 4.17. The van der Waals surface area contributed by atoms with Crippen molar-refractivity contribution in [2.75, 3.05) is 0 Å². The van der Waals surface area contributed by atoms with E-state index in [0.717, 1.165) is 16.7 Å². The Kier molecular flexibility index (Phi) is 3.57. The van der Waals surface area contributed by atoms with Crippen LogP contribution in [0.1, 0.15) is 54.2 Å². The monoisotopic (exact) mass is 218 g/mol. The number of rotatable bonds is 2. The Morgan fingerprint density at radius 3 is 1.88 bits per heavy atom. The number of carbonyl (C=O) groups excluding carboxylic acids is 1. The van der Waals surface area contributed by atoms with Gasteiger partial charge < -0.3 is 0 Å². The molecule has 0 bridgehead atoms. The number of Topliss-reactive ketones (excluding diaryl/α,β-unsaturated/α-hetero) is 1. The average molecular weight is 218 g/mol. The van der Waals surface area contributed by atoms with Gasteiger partial charge in [0.25, 0.3) is 0 Å². The van der Waals surface area contributed by atoms with E-state index >= 15 is 0 Å². The van der Waals surface area contributed by atoms with Gasteiger partial charge in [-0.2, -0.15) is 0 Å². The first kappa shape index (κ1) is 13.0. The molecule has 0 saturated heterocycles. The van der Waals surface area contributed by atoms with E-state index in [1.165, 1.54) is 5.56 Å². The van der Waals surface area contributed by atoms with E-state index in [9.17, 15) is 4.79 Å². The van der Waals surface area contributed by atoms with Crippen LogP contribution in [-0.2, 0) is 0 Å². The van der Waals surface area contributed by atoms with Crippen LogP contribution in [0, 0.1) is 26.2 Å². The third-order valence-corrected chi connectivity index (χ3v) is 2.65. The van der Waals surface area contributed by atoms with E-state index in [2.05, 4.69) is 39.8 Å². The zero-order valence-corrected chi connectivity index (χ0v) is 11.3. The number of ketones is 1. The lowest BCUT2D eigenvalue weighted by molar-refractivity contribution is 0.0938. The molecule has 0 heterocycles. The largest absolute Gasteiger partial charge is 0.294 e. The number of aryl methyl sites for hydroxylation is 3. The van der Waals surface area contributed by atoms with Gasteiger partial charge in [0.2, 0.25) is 0 Å². The molecule has 0 radical (unpaired) electrons. The van der Waals surface area contributed by atoms with Gasteiger partial charge in [-0.1, -0.05) is 38.5 Å². The molecular weight excluding hydrogens is 196 g/mol. The van der Waals surface area contributed by atoms with Gasteiger partial charge >= 0.3 is 0 Å². The van der Waals surface area contributed by atoms with Crippen LogP contribution in [0.15, 0.2) is 12.1 Å². The van der Waals surface area contributed by atoms with Gasteiger partial charge in [0.05, 0.1) is 0 Å². The Morgan fingerprint density at radius 1 is 1.06 bits per heavy atom. The smallest absolute Gasteiger partial charge is 0.163 e. The maximum Gasteiger partial charge on any atom is 0.163 e. The molecule has 0 fully saturated rings. The summed E-state index contributed by atoms with van der Waals surface area (Å²) in [7, 11) is 0. The summed E-state index contributed by atoms with van der Waals surface area (Å²) in [5, 5.41) is 0. The molecule has 0 aromatic heterocycles. The van der Waals surface area contributed by atoms with Crippen molar-refractivity contribution in [3.63, 3.8) is 0 Å². The third kappa shape index (κ3) is 3.19. The second-order valence-electron chi connectivity index (χ2n) is 5.93. The lowest BCUT2D eigenvalue weighted by Gasteiger charge is -2.19. The second kappa shape index (κ2) is 4.40.